The first-order chi connectivity index (χ1) is 13.9. The smallest absolute Gasteiger partial charge is 0.324 e. The lowest BCUT2D eigenvalue weighted by atomic mass is 10.1. The van der Waals surface area contributed by atoms with Crippen LogP contribution in [0.3, 0.4) is 0 Å². The summed E-state index contributed by atoms with van der Waals surface area (Å²) in [6, 6.07) is 4.20. The van der Waals surface area contributed by atoms with Crippen molar-refractivity contribution in [2.24, 2.45) is 0 Å². The summed E-state index contributed by atoms with van der Waals surface area (Å²) in [6.07, 6.45) is -1.15. The van der Waals surface area contributed by atoms with E-state index in [2.05, 4.69) is 5.32 Å². The number of aliphatic hydroxyl groups excluding tert-OH is 1. The van der Waals surface area contributed by atoms with Gasteiger partial charge in [0.2, 0.25) is 5.91 Å². The van der Waals surface area contributed by atoms with E-state index < -0.39 is 24.1 Å². The maximum absolute atomic E-state index is 12.5. The number of aliphatic hydroxyl groups is 1. The summed E-state index contributed by atoms with van der Waals surface area (Å²) < 4.78 is 10.9. The van der Waals surface area contributed by atoms with Crippen LogP contribution < -0.4 is 10.1 Å². The molecule has 158 valence electrons. The molecule has 2 fully saturated rings. The molecule has 9 nitrogen and oxygen atoms in total. The van der Waals surface area contributed by atoms with Crippen molar-refractivity contribution in [3.63, 3.8) is 0 Å². The standard InChI is InChI=1S/C20H27N3O6/c1-13-4-3-5-14(2)18(13)29-12-15(24)11-23-19(26)16(21-20(23)27)10-17(25)22-6-8-28-9-7-22/h3-5,15-16,24H,6-12H2,1-2H3,(H,21,27)/t15-,16-/m1/s1. The van der Waals surface area contributed by atoms with Crippen molar-refractivity contribution in [1.82, 2.24) is 15.1 Å². The molecule has 0 spiro atoms. The molecule has 2 saturated heterocycles. The molecule has 1 aromatic rings. The van der Waals surface area contributed by atoms with Crippen molar-refractivity contribution in [3.8, 4) is 5.75 Å². The first-order valence-corrected chi connectivity index (χ1v) is 9.71. The highest BCUT2D eigenvalue weighted by atomic mass is 16.5. The molecular weight excluding hydrogens is 378 g/mol. The summed E-state index contributed by atoms with van der Waals surface area (Å²) in [5.41, 5.74) is 1.88. The monoisotopic (exact) mass is 405 g/mol. The quantitative estimate of drug-likeness (QED) is 0.628. The number of benzene rings is 1. The van der Waals surface area contributed by atoms with E-state index in [-0.39, 0.29) is 25.5 Å². The van der Waals surface area contributed by atoms with Gasteiger partial charge in [0.1, 0.15) is 24.5 Å². The van der Waals surface area contributed by atoms with Crippen LogP contribution in [0.5, 0.6) is 5.75 Å². The summed E-state index contributed by atoms with van der Waals surface area (Å²) in [5, 5.41) is 12.8. The van der Waals surface area contributed by atoms with Crippen LogP contribution in [0, 0.1) is 13.8 Å². The third kappa shape index (κ3) is 5.04. The second kappa shape index (κ2) is 9.23. The number of carbonyl (C=O) groups is 3. The molecule has 0 radical (unpaired) electrons. The zero-order valence-corrected chi connectivity index (χ0v) is 16.7. The Bertz CT molecular complexity index is 757. The molecule has 3 rings (SSSR count). The summed E-state index contributed by atoms with van der Waals surface area (Å²) in [4.78, 5) is 39.6. The van der Waals surface area contributed by atoms with E-state index in [1.54, 1.807) is 4.90 Å². The molecule has 0 unspecified atom stereocenters. The summed E-state index contributed by atoms with van der Waals surface area (Å²) in [7, 11) is 0. The van der Waals surface area contributed by atoms with E-state index in [1.165, 1.54) is 0 Å². The predicted octanol–water partition coefficient (Wildman–Crippen LogP) is 0.212. The van der Waals surface area contributed by atoms with E-state index >= 15 is 0 Å². The van der Waals surface area contributed by atoms with E-state index in [4.69, 9.17) is 9.47 Å². The van der Waals surface area contributed by atoms with Gasteiger partial charge in [-0.1, -0.05) is 18.2 Å². The normalized spacial score (nSPS) is 20.6. The molecule has 9 heteroatoms. The van der Waals surface area contributed by atoms with Gasteiger partial charge in [0.25, 0.3) is 5.91 Å². The van der Waals surface area contributed by atoms with Crippen molar-refractivity contribution >= 4 is 17.8 Å². The third-order valence-electron chi connectivity index (χ3n) is 5.07. The minimum Gasteiger partial charge on any atom is -0.490 e. The number of carbonyl (C=O) groups excluding carboxylic acids is 3. The van der Waals surface area contributed by atoms with Gasteiger partial charge in [0.15, 0.2) is 0 Å². The Morgan fingerprint density at radius 1 is 1.28 bits per heavy atom. The van der Waals surface area contributed by atoms with Gasteiger partial charge in [-0.15, -0.1) is 0 Å². The van der Waals surface area contributed by atoms with Crippen molar-refractivity contribution in [1.29, 1.82) is 0 Å². The van der Waals surface area contributed by atoms with Crippen LogP contribution in [0.4, 0.5) is 4.79 Å². The first-order valence-electron chi connectivity index (χ1n) is 9.71. The highest BCUT2D eigenvalue weighted by Crippen LogP contribution is 2.22. The Balaban J connectivity index is 1.52. The Morgan fingerprint density at radius 3 is 2.59 bits per heavy atom. The van der Waals surface area contributed by atoms with Crippen molar-refractivity contribution in [3.05, 3.63) is 29.3 Å². The van der Waals surface area contributed by atoms with Crippen LogP contribution in [-0.4, -0.2) is 84.4 Å². The highest BCUT2D eigenvalue weighted by molar-refractivity contribution is 6.05. The van der Waals surface area contributed by atoms with Gasteiger partial charge in [-0.05, 0) is 25.0 Å². The highest BCUT2D eigenvalue weighted by Gasteiger charge is 2.40. The van der Waals surface area contributed by atoms with Crippen molar-refractivity contribution in [2.45, 2.75) is 32.4 Å². The molecule has 4 amide bonds. The largest absolute Gasteiger partial charge is 0.490 e. The van der Waals surface area contributed by atoms with Gasteiger partial charge < -0.3 is 24.8 Å². The molecule has 2 heterocycles. The van der Waals surface area contributed by atoms with Gasteiger partial charge in [0.05, 0.1) is 26.2 Å². The maximum atomic E-state index is 12.5. The number of hydrogen-bond acceptors (Lipinski definition) is 6. The van der Waals surface area contributed by atoms with Crippen LogP contribution in [0.2, 0.25) is 0 Å². The number of urea groups is 1. The Morgan fingerprint density at radius 2 is 1.93 bits per heavy atom. The Hall–Kier alpha value is -2.65. The molecule has 2 aliphatic heterocycles. The van der Waals surface area contributed by atoms with Crippen LogP contribution in [-0.2, 0) is 14.3 Å². The minimum absolute atomic E-state index is 0.0554. The van der Waals surface area contributed by atoms with Crippen molar-refractivity contribution in [2.75, 3.05) is 39.5 Å². The number of morpholine rings is 1. The number of nitrogens with zero attached hydrogens (tertiary/aromatic N) is 2. The fourth-order valence-corrected chi connectivity index (χ4v) is 3.47. The molecule has 0 aromatic heterocycles. The van der Waals surface area contributed by atoms with Gasteiger partial charge in [-0.25, -0.2) is 4.79 Å². The average molecular weight is 405 g/mol. The average Bonchev–Trinajstić information content (AvgIpc) is 2.95. The molecule has 1 aromatic carbocycles. The first kappa shape index (κ1) is 21.1. The molecule has 0 aliphatic carbocycles. The number of β-amino-alcohol motifs (C(OH)–C–C–N with tert-alkyl or cyclic N) is 1. The molecule has 29 heavy (non-hydrogen) atoms. The molecule has 2 aliphatic rings. The molecular formula is C20H27N3O6. The Labute approximate surface area is 169 Å². The maximum Gasteiger partial charge on any atom is 0.324 e. The van der Waals surface area contributed by atoms with Gasteiger partial charge in [0, 0.05) is 13.1 Å². The van der Waals surface area contributed by atoms with Crippen molar-refractivity contribution < 1.29 is 29.0 Å². The summed E-state index contributed by atoms with van der Waals surface area (Å²) in [6.45, 7) is 5.45. The second-order valence-electron chi connectivity index (χ2n) is 7.33. The number of hydrogen-bond donors (Lipinski definition) is 2. The predicted molar refractivity (Wildman–Crippen MR) is 103 cm³/mol. The van der Waals surface area contributed by atoms with Crippen LogP contribution in [0.25, 0.3) is 0 Å². The van der Waals surface area contributed by atoms with Crippen LogP contribution in [0.1, 0.15) is 17.5 Å². The van der Waals surface area contributed by atoms with E-state index in [0.717, 1.165) is 16.0 Å². The summed E-state index contributed by atoms with van der Waals surface area (Å²) in [5.74, 6) is -0.0341. The Kier molecular flexibility index (Phi) is 6.71. The lowest BCUT2D eigenvalue weighted by molar-refractivity contribution is -0.138. The number of imide groups is 1. The number of nitrogens with one attached hydrogen (secondary N) is 1. The minimum atomic E-state index is -1.04. The molecule has 2 N–H and O–H groups in total. The number of para-hydroxylation sites is 1. The number of ether oxygens (including phenoxy) is 2. The number of rotatable bonds is 7. The molecule has 2 atom stereocenters. The number of amides is 4. The lowest BCUT2D eigenvalue weighted by Crippen LogP contribution is -2.44. The third-order valence-corrected chi connectivity index (χ3v) is 5.07. The van der Waals surface area contributed by atoms with Gasteiger partial charge in [-0.2, -0.15) is 0 Å². The summed E-state index contributed by atoms with van der Waals surface area (Å²) >= 11 is 0. The van der Waals surface area contributed by atoms with E-state index in [9.17, 15) is 19.5 Å². The van der Waals surface area contributed by atoms with Crippen LogP contribution in [0.15, 0.2) is 18.2 Å². The van der Waals surface area contributed by atoms with Gasteiger partial charge >= 0.3 is 6.03 Å². The molecule has 0 saturated carbocycles. The number of aryl methyl sites for hydroxylation is 2. The zero-order valence-electron chi connectivity index (χ0n) is 16.7. The topological polar surface area (TPSA) is 108 Å². The van der Waals surface area contributed by atoms with Gasteiger partial charge in [-0.3, -0.25) is 14.5 Å². The zero-order chi connectivity index (χ0) is 21.0. The van der Waals surface area contributed by atoms with E-state index in [0.29, 0.717) is 32.1 Å². The second-order valence-corrected chi connectivity index (χ2v) is 7.33. The fraction of sp³-hybridized carbons (Fsp3) is 0.550. The van der Waals surface area contributed by atoms with Crippen LogP contribution >= 0.6 is 0 Å². The lowest BCUT2D eigenvalue weighted by Gasteiger charge is -2.27. The fourth-order valence-electron chi connectivity index (χ4n) is 3.47. The SMILES string of the molecule is Cc1cccc(C)c1OC[C@H](O)CN1C(=O)N[C@H](CC(=O)N2CCOCC2)C1=O. The molecule has 0 bridgehead atoms. The van der Waals surface area contributed by atoms with E-state index in [1.807, 2.05) is 32.0 Å².